The van der Waals surface area contributed by atoms with E-state index in [-0.39, 0.29) is 18.6 Å². The van der Waals surface area contributed by atoms with E-state index in [9.17, 15) is 9.59 Å². The Balaban J connectivity index is 1.81. The lowest BCUT2D eigenvalue weighted by Gasteiger charge is -2.21. The van der Waals surface area contributed by atoms with Crippen LogP contribution in [0.3, 0.4) is 0 Å². The van der Waals surface area contributed by atoms with Crippen molar-refractivity contribution in [2.24, 2.45) is 0 Å². The van der Waals surface area contributed by atoms with Crippen LogP contribution >= 0.6 is 11.3 Å². The van der Waals surface area contributed by atoms with Crippen LogP contribution in [0.25, 0.3) is 0 Å². The molecular formula is C17H28N3O3S+. The number of quaternary nitrogens is 1. The molecule has 2 heterocycles. The number of ether oxygens (including phenoxy) is 1. The summed E-state index contributed by atoms with van der Waals surface area (Å²) < 4.78 is 5.70. The van der Waals surface area contributed by atoms with E-state index in [0.29, 0.717) is 6.54 Å². The summed E-state index contributed by atoms with van der Waals surface area (Å²) in [5.41, 5.74) is 0. The minimum absolute atomic E-state index is 0.214. The van der Waals surface area contributed by atoms with Crippen molar-refractivity contribution < 1.29 is 19.2 Å². The smallest absolute Gasteiger partial charge is 0.321 e. The number of imide groups is 1. The highest BCUT2D eigenvalue weighted by molar-refractivity contribution is 7.09. The molecule has 6 nitrogen and oxygen atoms in total. The summed E-state index contributed by atoms with van der Waals surface area (Å²) in [6.45, 7) is 5.31. The zero-order chi connectivity index (χ0) is 17.2. The maximum Gasteiger partial charge on any atom is 0.321 e. The van der Waals surface area contributed by atoms with E-state index < -0.39 is 6.03 Å². The molecule has 0 aliphatic carbocycles. The lowest BCUT2D eigenvalue weighted by atomic mass is 10.2. The molecule has 0 bridgehead atoms. The van der Waals surface area contributed by atoms with Crippen molar-refractivity contribution in [2.75, 3.05) is 26.2 Å². The van der Waals surface area contributed by atoms with E-state index in [4.69, 9.17) is 4.74 Å². The van der Waals surface area contributed by atoms with Gasteiger partial charge >= 0.3 is 6.03 Å². The number of carbonyl (C=O) groups excluding carboxylic acids is 2. The van der Waals surface area contributed by atoms with Crippen LogP contribution in [0.4, 0.5) is 4.79 Å². The molecule has 1 aliphatic rings. The van der Waals surface area contributed by atoms with Gasteiger partial charge in [-0.3, -0.25) is 10.1 Å². The zero-order valence-electron chi connectivity index (χ0n) is 14.3. The van der Waals surface area contributed by atoms with Gasteiger partial charge in [-0.1, -0.05) is 19.4 Å². The molecule has 0 saturated carbocycles. The highest BCUT2D eigenvalue weighted by Gasteiger charge is 2.24. The number of hydrogen-bond acceptors (Lipinski definition) is 4. The second-order valence-electron chi connectivity index (χ2n) is 6.18. The normalized spacial score (nSPS) is 18.3. The number of urea groups is 1. The molecule has 1 aliphatic heterocycles. The van der Waals surface area contributed by atoms with Crippen molar-refractivity contribution in [1.82, 2.24) is 10.6 Å². The van der Waals surface area contributed by atoms with Crippen LogP contribution in [0.1, 0.15) is 37.5 Å². The summed E-state index contributed by atoms with van der Waals surface area (Å²) in [5.74, 6) is -0.242. The average Bonchev–Trinajstić information content (AvgIpc) is 3.21. The lowest BCUT2D eigenvalue weighted by Crippen LogP contribution is -3.13. The second-order valence-corrected chi connectivity index (χ2v) is 7.21. The fraction of sp³-hybridized carbons (Fsp3) is 0.647. The van der Waals surface area contributed by atoms with Crippen molar-refractivity contribution in [3.8, 4) is 0 Å². The summed E-state index contributed by atoms with van der Waals surface area (Å²) >= 11 is 1.69. The predicted octanol–water partition coefficient (Wildman–Crippen LogP) is 0.938. The van der Waals surface area contributed by atoms with Gasteiger partial charge in [-0.2, -0.15) is 0 Å². The van der Waals surface area contributed by atoms with Crippen LogP contribution in [-0.2, 0) is 16.1 Å². The Hall–Kier alpha value is -1.44. The first kappa shape index (κ1) is 18.9. The van der Waals surface area contributed by atoms with Gasteiger partial charge < -0.3 is 15.0 Å². The molecule has 0 spiro atoms. The minimum atomic E-state index is -0.402. The Bertz CT molecular complexity index is 501. The molecule has 2 rings (SSSR count). The van der Waals surface area contributed by atoms with Crippen molar-refractivity contribution in [1.29, 1.82) is 0 Å². The van der Waals surface area contributed by atoms with E-state index in [1.807, 2.05) is 11.4 Å². The van der Waals surface area contributed by atoms with Gasteiger partial charge in [0, 0.05) is 13.2 Å². The molecule has 3 amide bonds. The molecule has 134 valence electrons. The predicted molar refractivity (Wildman–Crippen MR) is 94.1 cm³/mol. The fourth-order valence-electron chi connectivity index (χ4n) is 2.81. The molecule has 3 N–H and O–H groups in total. The van der Waals surface area contributed by atoms with Gasteiger partial charge in [-0.25, -0.2) is 4.79 Å². The van der Waals surface area contributed by atoms with E-state index >= 15 is 0 Å². The van der Waals surface area contributed by atoms with Gasteiger partial charge in [0.05, 0.1) is 4.88 Å². The van der Waals surface area contributed by atoms with Crippen LogP contribution in [0.5, 0.6) is 0 Å². The highest BCUT2D eigenvalue weighted by Crippen LogP contribution is 2.10. The minimum Gasteiger partial charge on any atom is -0.372 e. The summed E-state index contributed by atoms with van der Waals surface area (Å²) in [6, 6.07) is 3.70. The summed E-state index contributed by atoms with van der Waals surface area (Å²) in [6.07, 6.45) is 4.27. The van der Waals surface area contributed by atoms with Crippen molar-refractivity contribution in [2.45, 2.75) is 45.3 Å². The Kier molecular flexibility index (Phi) is 8.21. The van der Waals surface area contributed by atoms with Gasteiger partial charge in [-0.05, 0) is 30.7 Å². The maximum atomic E-state index is 12.2. The molecule has 1 saturated heterocycles. The Labute approximate surface area is 147 Å². The molecule has 1 fully saturated rings. The second kappa shape index (κ2) is 10.4. The van der Waals surface area contributed by atoms with Gasteiger partial charge in [-0.15, -0.1) is 11.3 Å². The first-order valence-electron chi connectivity index (χ1n) is 8.72. The number of nitrogens with one attached hydrogen (secondary N) is 3. The van der Waals surface area contributed by atoms with E-state index in [1.165, 1.54) is 4.88 Å². The molecule has 1 aromatic rings. The molecule has 2 atom stereocenters. The Morgan fingerprint density at radius 3 is 3.00 bits per heavy atom. The Morgan fingerprint density at radius 1 is 1.46 bits per heavy atom. The standard InChI is InChI=1S/C17H27N3O3S/c1-2-3-8-18-17(22)19-16(21)13-20(11-14-6-4-9-23-14)12-15-7-5-10-24-15/h5,7,10,14H,2-4,6,8-9,11-13H2,1H3,(H2,18,19,21,22)/p+1/t14-/m0/s1. The molecule has 1 unspecified atom stereocenters. The Morgan fingerprint density at radius 2 is 2.33 bits per heavy atom. The number of thiophene rings is 1. The fourth-order valence-corrected chi connectivity index (χ4v) is 3.59. The third-order valence-electron chi connectivity index (χ3n) is 4.02. The number of rotatable bonds is 9. The third kappa shape index (κ3) is 6.98. The quantitative estimate of drug-likeness (QED) is 0.578. The average molecular weight is 354 g/mol. The monoisotopic (exact) mass is 354 g/mol. The van der Waals surface area contributed by atoms with E-state index in [0.717, 1.165) is 50.3 Å². The van der Waals surface area contributed by atoms with Crippen LogP contribution < -0.4 is 15.5 Å². The molecule has 0 aromatic carbocycles. The summed E-state index contributed by atoms with van der Waals surface area (Å²) in [5, 5.41) is 7.17. The van der Waals surface area contributed by atoms with Crippen molar-refractivity contribution in [3.05, 3.63) is 22.4 Å². The number of carbonyl (C=O) groups is 2. The van der Waals surface area contributed by atoms with Crippen LogP contribution in [0.15, 0.2) is 17.5 Å². The van der Waals surface area contributed by atoms with Gasteiger partial charge in [0.1, 0.15) is 19.2 Å². The molecular weight excluding hydrogens is 326 g/mol. The summed E-state index contributed by atoms with van der Waals surface area (Å²) in [4.78, 5) is 26.2. The molecule has 7 heteroatoms. The van der Waals surface area contributed by atoms with Gasteiger partial charge in [0.15, 0.2) is 6.54 Å². The SMILES string of the molecule is CCCCNC(=O)NC(=O)C[NH+](Cc1cccs1)C[C@@H]1CCCO1. The largest absolute Gasteiger partial charge is 0.372 e. The van der Waals surface area contributed by atoms with Crippen molar-refractivity contribution in [3.63, 3.8) is 0 Å². The summed E-state index contributed by atoms with van der Waals surface area (Å²) in [7, 11) is 0. The van der Waals surface area contributed by atoms with E-state index in [2.05, 4.69) is 23.6 Å². The number of hydrogen-bond donors (Lipinski definition) is 3. The van der Waals surface area contributed by atoms with Crippen LogP contribution in [0.2, 0.25) is 0 Å². The highest BCUT2D eigenvalue weighted by atomic mass is 32.1. The number of amides is 3. The topological polar surface area (TPSA) is 71.9 Å². The lowest BCUT2D eigenvalue weighted by molar-refractivity contribution is -0.908. The van der Waals surface area contributed by atoms with Crippen LogP contribution in [0, 0.1) is 0 Å². The molecule has 1 aromatic heterocycles. The zero-order valence-corrected chi connectivity index (χ0v) is 15.1. The molecule has 24 heavy (non-hydrogen) atoms. The first-order valence-corrected chi connectivity index (χ1v) is 9.60. The first-order chi connectivity index (χ1) is 11.7. The third-order valence-corrected chi connectivity index (χ3v) is 4.90. The van der Waals surface area contributed by atoms with Gasteiger partial charge in [0.2, 0.25) is 0 Å². The van der Waals surface area contributed by atoms with Crippen molar-refractivity contribution >= 4 is 23.3 Å². The van der Waals surface area contributed by atoms with Gasteiger partial charge in [0.25, 0.3) is 5.91 Å². The number of unbranched alkanes of at least 4 members (excludes halogenated alkanes) is 1. The molecule has 0 radical (unpaired) electrons. The van der Waals surface area contributed by atoms with Crippen LogP contribution in [-0.4, -0.2) is 44.3 Å². The van der Waals surface area contributed by atoms with E-state index in [1.54, 1.807) is 11.3 Å². The maximum absolute atomic E-state index is 12.2.